The summed E-state index contributed by atoms with van der Waals surface area (Å²) in [6, 6.07) is 7.96. The summed E-state index contributed by atoms with van der Waals surface area (Å²) in [5.41, 5.74) is 6.84. The maximum atomic E-state index is 12.4. The summed E-state index contributed by atoms with van der Waals surface area (Å²) in [6.07, 6.45) is 2.37. The van der Waals surface area contributed by atoms with Gasteiger partial charge in [0, 0.05) is 30.7 Å². The number of nitrogens with two attached hydrogens (primary N) is 1. The Labute approximate surface area is 140 Å². The lowest BCUT2D eigenvalue weighted by Crippen LogP contribution is -2.51. The van der Waals surface area contributed by atoms with Gasteiger partial charge in [-0.05, 0) is 30.5 Å². The Hall–Kier alpha value is -0.620. The zero-order valence-corrected chi connectivity index (χ0v) is 14.5. The molecular weight excluding hydrogens is 356 g/mol. The lowest BCUT2D eigenvalue weighted by molar-refractivity contribution is -0.136. The second-order valence-corrected chi connectivity index (χ2v) is 6.08. The van der Waals surface area contributed by atoms with Crippen LogP contribution in [0.3, 0.4) is 0 Å². The number of methoxy groups -OCH3 is 1. The summed E-state index contributed by atoms with van der Waals surface area (Å²) in [5.74, 6) is 0.150. The van der Waals surface area contributed by atoms with Crippen LogP contribution in [-0.4, -0.2) is 43.2 Å². The minimum Gasteiger partial charge on any atom is -0.381 e. The van der Waals surface area contributed by atoms with Crippen molar-refractivity contribution in [2.45, 2.75) is 31.4 Å². The molecule has 2 unspecified atom stereocenters. The van der Waals surface area contributed by atoms with Crippen molar-refractivity contribution in [3.05, 3.63) is 34.3 Å². The summed E-state index contributed by atoms with van der Waals surface area (Å²) in [6.45, 7) is 1.22. The monoisotopic (exact) mass is 376 g/mol. The number of piperidine rings is 1. The normalized spacial score (nSPS) is 21.8. The van der Waals surface area contributed by atoms with Crippen molar-refractivity contribution in [3.63, 3.8) is 0 Å². The van der Waals surface area contributed by atoms with E-state index < -0.39 is 0 Å². The first-order valence-corrected chi connectivity index (χ1v) is 7.70. The number of ether oxygens (including phenoxy) is 1. The van der Waals surface area contributed by atoms with Gasteiger partial charge < -0.3 is 15.4 Å². The number of amides is 1. The van der Waals surface area contributed by atoms with Gasteiger partial charge in [-0.1, -0.05) is 28.1 Å². The van der Waals surface area contributed by atoms with Gasteiger partial charge in [0.2, 0.25) is 5.91 Å². The lowest BCUT2D eigenvalue weighted by atomic mass is 9.98. The predicted octanol–water partition coefficient (Wildman–Crippen LogP) is 2.38. The summed E-state index contributed by atoms with van der Waals surface area (Å²) < 4.78 is 6.41. The van der Waals surface area contributed by atoms with Crippen LogP contribution in [0.1, 0.15) is 18.4 Å². The highest BCUT2D eigenvalue weighted by Gasteiger charge is 2.30. The summed E-state index contributed by atoms with van der Waals surface area (Å²) in [7, 11) is 1.72. The Balaban J connectivity index is 0.00000220. The third kappa shape index (κ3) is 4.95. The third-order valence-corrected chi connectivity index (χ3v) is 4.39. The molecule has 1 aliphatic heterocycles. The van der Waals surface area contributed by atoms with Crippen molar-refractivity contribution in [2.24, 2.45) is 5.73 Å². The quantitative estimate of drug-likeness (QED) is 0.876. The molecule has 0 saturated carbocycles. The number of rotatable bonds is 4. The van der Waals surface area contributed by atoms with E-state index in [2.05, 4.69) is 15.9 Å². The van der Waals surface area contributed by atoms with Gasteiger partial charge in [0.15, 0.2) is 0 Å². The van der Waals surface area contributed by atoms with E-state index in [9.17, 15) is 4.79 Å². The number of benzene rings is 1. The highest BCUT2D eigenvalue weighted by atomic mass is 79.9. The summed E-state index contributed by atoms with van der Waals surface area (Å²) in [5, 5.41) is 0. The molecule has 1 aromatic carbocycles. The number of halogens is 2. The van der Waals surface area contributed by atoms with E-state index in [1.807, 2.05) is 29.2 Å². The van der Waals surface area contributed by atoms with Gasteiger partial charge in [-0.15, -0.1) is 12.4 Å². The molecule has 0 spiro atoms. The van der Waals surface area contributed by atoms with Crippen LogP contribution < -0.4 is 5.73 Å². The molecule has 0 aliphatic carbocycles. The molecule has 21 heavy (non-hydrogen) atoms. The summed E-state index contributed by atoms with van der Waals surface area (Å²) >= 11 is 3.40. The molecular formula is C15H22BrClN2O2. The molecule has 4 nitrogen and oxygen atoms in total. The van der Waals surface area contributed by atoms with Crippen LogP contribution in [-0.2, 0) is 16.0 Å². The van der Waals surface area contributed by atoms with Gasteiger partial charge in [0.05, 0.1) is 12.5 Å². The Morgan fingerprint density at radius 2 is 2.10 bits per heavy atom. The van der Waals surface area contributed by atoms with Crippen molar-refractivity contribution >= 4 is 34.2 Å². The van der Waals surface area contributed by atoms with E-state index in [1.54, 1.807) is 7.11 Å². The van der Waals surface area contributed by atoms with Crippen LogP contribution in [0.2, 0.25) is 0 Å². The minimum atomic E-state index is 0. The second kappa shape index (κ2) is 8.73. The molecule has 1 aliphatic rings. The molecule has 0 aromatic heterocycles. The summed E-state index contributed by atoms with van der Waals surface area (Å²) in [4.78, 5) is 14.3. The molecule has 1 fully saturated rings. The molecule has 1 aromatic rings. The maximum Gasteiger partial charge on any atom is 0.227 e. The Morgan fingerprint density at radius 3 is 2.67 bits per heavy atom. The van der Waals surface area contributed by atoms with Crippen molar-refractivity contribution in [1.82, 2.24) is 4.90 Å². The predicted molar refractivity (Wildman–Crippen MR) is 89.7 cm³/mol. The SMILES string of the molecule is COC1CCN(C(=O)Cc2ccc(Br)cc2)C(CN)C1.Cl. The smallest absolute Gasteiger partial charge is 0.227 e. The molecule has 1 heterocycles. The number of nitrogens with zero attached hydrogens (tertiary/aromatic N) is 1. The topological polar surface area (TPSA) is 55.6 Å². The van der Waals surface area contributed by atoms with Crippen molar-refractivity contribution < 1.29 is 9.53 Å². The lowest BCUT2D eigenvalue weighted by Gasteiger charge is -2.38. The van der Waals surface area contributed by atoms with Crippen LogP contribution in [0.4, 0.5) is 0 Å². The second-order valence-electron chi connectivity index (χ2n) is 5.16. The fraction of sp³-hybridized carbons (Fsp3) is 0.533. The van der Waals surface area contributed by atoms with Gasteiger partial charge in [-0.2, -0.15) is 0 Å². The number of carbonyl (C=O) groups is 1. The van der Waals surface area contributed by atoms with Crippen LogP contribution >= 0.6 is 28.3 Å². The van der Waals surface area contributed by atoms with Gasteiger partial charge in [0.1, 0.15) is 0 Å². The maximum absolute atomic E-state index is 12.4. The zero-order valence-electron chi connectivity index (χ0n) is 12.1. The molecule has 6 heteroatoms. The first-order valence-electron chi connectivity index (χ1n) is 6.90. The molecule has 1 amide bonds. The standard InChI is InChI=1S/C15H21BrN2O2.ClH/c1-20-14-6-7-18(13(9-14)10-17)15(19)8-11-2-4-12(16)5-3-11;/h2-5,13-14H,6-10,17H2,1H3;1H. The Morgan fingerprint density at radius 1 is 1.43 bits per heavy atom. The van der Waals surface area contributed by atoms with Crippen molar-refractivity contribution in [2.75, 3.05) is 20.2 Å². The minimum absolute atomic E-state index is 0. The average molecular weight is 378 g/mol. The highest BCUT2D eigenvalue weighted by molar-refractivity contribution is 9.10. The van der Waals surface area contributed by atoms with E-state index in [0.29, 0.717) is 13.0 Å². The molecule has 2 atom stereocenters. The van der Waals surface area contributed by atoms with Gasteiger partial charge in [-0.3, -0.25) is 4.79 Å². The van der Waals surface area contributed by atoms with Gasteiger partial charge in [0.25, 0.3) is 0 Å². The van der Waals surface area contributed by atoms with Crippen LogP contribution in [0.15, 0.2) is 28.7 Å². The number of likely N-dealkylation sites (tertiary alicyclic amines) is 1. The number of carbonyl (C=O) groups excluding carboxylic acids is 1. The van der Waals surface area contributed by atoms with Crippen molar-refractivity contribution in [3.8, 4) is 0 Å². The molecule has 118 valence electrons. The largest absolute Gasteiger partial charge is 0.381 e. The van der Waals surface area contributed by atoms with E-state index >= 15 is 0 Å². The molecule has 1 saturated heterocycles. The molecule has 2 N–H and O–H groups in total. The van der Waals surface area contributed by atoms with E-state index in [4.69, 9.17) is 10.5 Å². The van der Waals surface area contributed by atoms with Crippen LogP contribution in [0.5, 0.6) is 0 Å². The third-order valence-electron chi connectivity index (χ3n) is 3.86. The first kappa shape index (κ1) is 18.4. The average Bonchev–Trinajstić information content (AvgIpc) is 2.48. The molecule has 0 radical (unpaired) electrons. The van der Waals surface area contributed by atoms with Gasteiger partial charge >= 0.3 is 0 Å². The van der Waals surface area contributed by atoms with E-state index in [0.717, 1.165) is 29.4 Å². The van der Waals surface area contributed by atoms with E-state index in [-0.39, 0.29) is 30.5 Å². The van der Waals surface area contributed by atoms with Crippen LogP contribution in [0, 0.1) is 0 Å². The van der Waals surface area contributed by atoms with Crippen LogP contribution in [0.25, 0.3) is 0 Å². The van der Waals surface area contributed by atoms with E-state index in [1.165, 1.54) is 0 Å². The number of hydrogen-bond acceptors (Lipinski definition) is 3. The molecule has 0 bridgehead atoms. The van der Waals surface area contributed by atoms with Crippen molar-refractivity contribution in [1.29, 1.82) is 0 Å². The zero-order chi connectivity index (χ0) is 14.5. The number of hydrogen-bond donors (Lipinski definition) is 1. The molecule has 2 rings (SSSR count). The Bertz CT molecular complexity index is 455. The highest BCUT2D eigenvalue weighted by Crippen LogP contribution is 2.20. The fourth-order valence-electron chi connectivity index (χ4n) is 2.66. The first-order chi connectivity index (χ1) is 9.63. The fourth-order valence-corrected chi connectivity index (χ4v) is 2.92. The Kier molecular flexibility index (Phi) is 7.66. The van der Waals surface area contributed by atoms with Gasteiger partial charge in [-0.25, -0.2) is 0 Å².